The van der Waals surface area contributed by atoms with E-state index in [1.807, 2.05) is 4.90 Å². The van der Waals surface area contributed by atoms with Crippen LogP contribution < -0.4 is 10.6 Å². The van der Waals surface area contributed by atoms with E-state index in [9.17, 15) is 9.59 Å². The number of ether oxygens (including phenoxy) is 1. The van der Waals surface area contributed by atoms with Crippen LogP contribution >= 0.6 is 11.8 Å². The number of hydrogen-bond donors (Lipinski definition) is 2. The first kappa shape index (κ1) is 12.1. The molecule has 0 aliphatic carbocycles. The van der Waals surface area contributed by atoms with Crippen molar-refractivity contribution in [3.63, 3.8) is 0 Å². The highest BCUT2D eigenvalue weighted by atomic mass is 32.2. The van der Waals surface area contributed by atoms with E-state index in [2.05, 4.69) is 10.6 Å². The molecule has 6 nitrogen and oxygen atoms in total. The van der Waals surface area contributed by atoms with Gasteiger partial charge in [-0.05, 0) is 0 Å². The van der Waals surface area contributed by atoms with Gasteiger partial charge in [0.15, 0.2) is 0 Å². The van der Waals surface area contributed by atoms with Crippen molar-refractivity contribution in [2.24, 2.45) is 0 Å². The molecule has 0 aromatic rings. The minimum atomic E-state index is -0.369. The van der Waals surface area contributed by atoms with Crippen LogP contribution in [0.15, 0.2) is 0 Å². The average molecular weight is 271 g/mol. The summed E-state index contributed by atoms with van der Waals surface area (Å²) >= 11 is 1.76. The summed E-state index contributed by atoms with van der Waals surface area (Å²) in [6, 6.07) is -0.0340. The van der Waals surface area contributed by atoms with Crippen LogP contribution in [0, 0.1) is 0 Å². The smallest absolute Gasteiger partial charge is 0.407 e. The fourth-order valence-corrected chi connectivity index (χ4v) is 3.62. The maximum absolute atomic E-state index is 12.2. The minimum Gasteiger partial charge on any atom is -0.441 e. The van der Waals surface area contributed by atoms with Gasteiger partial charge < -0.3 is 15.0 Å². The summed E-state index contributed by atoms with van der Waals surface area (Å²) in [5.74, 6) is 1.90. The van der Waals surface area contributed by atoms with Gasteiger partial charge in [-0.1, -0.05) is 0 Å². The number of likely N-dealkylation sites (tertiary alicyclic amines) is 1. The molecule has 0 aromatic heterocycles. The van der Waals surface area contributed by atoms with Gasteiger partial charge in [0, 0.05) is 37.6 Å². The molecule has 0 saturated carbocycles. The molecule has 3 heterocycles. The summed E-state index contributed by atoms with van der Waals surface area (Å²) in [7, 11) is 0. The molecule has 18 heavy (non-hydrogen) atoms. The van der Waals surface area contributed by atoms with Gasteiger partial charge in [0.1, 0.15) is 5.60 Å². The molecule has 3 fully saturated rings. The quantitative estimate of drug-likeness (QED) is 0.688. The maximum atomic E-state index is 12.2. The first-order valence-electron chi connectivity index (χ1n) is 6.25. The van der Waals surface area contributed by atoms with Gasteiger partial charge in [-0.2, -0.15) is 0 Å². The molecule has 2 amide bonds. The van der Waals surface area contributed by atoms with Crippen LogP contribution in [0.5, 0.6) is 0 Å². The van der Waals surface area contributed by atoms with E-state index < -0.39 is 0 Å². The Morgan fingerprint density at radius 3 is 2.78 bits per heavy atom. The largest absolute Gasteiger partial charge is 0.441 e. The number of thioether (sulfide) groups is 1. The van der Waals surface area contributed by atoms with Gasteiger partial charge in [-0.25, -0.2) is 4.79 Å². The normalized spacial score (nSPS) is 30.3. The lowest BCUT2D eigenvalue weighted by molar-refractivity contribution is -0.136. The van der Waals surface area contributed by atoms with Crippen LogP contribution in [-0.4, -0.2) is 59.8 Å². The molecular formula is C11H17N3O3S. The third kappa shape index (κ3) is 2.16. The van der Waals surface area contributed by atoms with Crippen molar-refractivity contribution in [2.75, 3.05) is 31.3 Å². The van der Waals surface area contributed by atoms with Crippen LogP contribution in [0.2, 0.25) is 0 Å². The van der Waals surface area contributed by atoms with Crippen molar-refractivity contribution in [1.29, 1.82) is 0 Å². The van der Waals surface area contributed by atoms with E-state index in [4.69, 9.17) is 4.74 Å². The standard InChI is InChI=1S/C11H17N3O3S/c15-9(8-5-18-7-13-8)14-3-1-11(2-4-14)6-12-10(16)17-11/h8,13H,1-7H2,(H,12,16). The summed E-state index contributed by atoms with van der Waals surface area (Å²) in [6.45, 7) is 1.93. The van der Waals surface area contributed by atoms with Gasteiger partial charge in [0.2, 0.25) is 5.91 Å². The Bertz CT molecular complexity index is 363. The van der Waals surface area contributed by atoms with Crippen molar-refractivity contribution in [1.82, 2.24) is 15.5 Å². The van der Waals surface area contributed by atoms with Crippen LogP contribution in [0.3, 0.4) is 0 Å². The molecule has 0 aromatic carbocycles. The van der Waals surface area contributed by atoms with Gasteiger partial charge in [-0.15, -0.1) is 11.8 Å². The summed E-state index contributed by atoms with van der Waals surface area (Å²) < 4.78 is 5.34. The van der Waals surface area contributed by atoms with E-state index in [1.165, 1.54) is 0 Å². The highest BCUT2D eigenvalue weighted by molar-refractivity contribution is 7.99. The molecule has 7 heteroatoms. The predicted molar refractivity (Wildman–Crippen MR) is 67.3 cm³/mol. The van der Waals surface area contributed by atoms with Crippen molar-refractivity contribution in [2.45, 2.75) is 24.5 Å². The average Bonchev–Trinajstić information content (AvgIpc) is 3.00. The number of nitrogens with one attached hydrogen (secondary N) is 2. The van der Waals surface area contributed by atoms with Crippen molar-refractivity contribution >= 4 is 23.8 Å². The Balaban J connectivity index is 1.56. The van der Waals surface area contributed by atoms with Crippen molar-refractivity contribution in [3.05, 3.63) is 0 Å². The molecule has 3 aliphatic rings. The molecule has 3 aliphatic heterocycles. The first-order chi connectivity index (χ1) is 8.69. The Hall–Kier alpha value is -0.950. The number of carbonyl (C=O) groups is 2. The highest BCUT2D eigenvalue weighted by Crippen LogP contribution is 2.29. The monoisotopic (exact) mass is 271 g/mol. The van der Waals surface area contributed by atoms with Crippen molar-refractivity contribution < 1.29 is 14.3 Å². The summed E-state index contributed by atoms with van der Waals surface area (Å²) in [5, 5.41) is 5.89. The molecule has 1 atom stereocenters. The van der Waals surface area contributed by atoms with E-state index in [1.54, 1.807) is 11.8 Å². The third-order valence-electron chi connectivity index (χ3n) is 3.86. The lowest BCUT2D eigenvalue weighted by atomic mass is 9.91. The fourth-order valence-electron chi connectivity index (χ4n) is 2.69. The van der Waals surface area contributed by atoms with Gasteiger partial charge in [0.25, 0.3) is 0 Å². The maximum Gasteiger partial charge on any atom is 0.407 e. The van der Waals surface area contributed by atoms with E-state index >= 15 is 0 Å². The second-order valence-corrected chi connectivity index (χ2v) is 6.05. The molecule has 0 bridgehead atoms. The Kier molecular flexibility index (Phi) is 3.11. The van der Waals surface area contributed by atoms with E-state index in [-0.39, 0.29) is 23.6 Å². The molecule has 2 N–H and O–H groups in total. The zero-order chi connectivity index (χ0) is 12.6. The molecule has 3 saturated heterocycles. The number of piperidine rings is 1. The second-order valence-electron chi connectivity index (χ2n) is 5.02. The molecular weight excluding hydrogens is 254 g/mol. The zero-order valence-corrected chi connectivity index (χ0v) is 10.9. The summed E-state index contributed by atoms with van der Waals surface area (Å²) in [4.78, 5) is 25.2. The van der Waals surface area contributed by atoms with Crippen LogP contribution in [0.4, 0.5) is 4.79 Å². The van der Waals surface area contributed by atoms with Gasteiger partial charge in [0.05, 0.1) is 12.6 Å². The molecule has 3 rings (SSSR count). The number of hydrogen-bond acceptors (Lipinski definition) is 5. The Morgan fingerprint density at radius 1 is 1.44 bits per heavy atom. The molecule has 0 radical (unpaired) electrons. The number of alkyl carbamates (subject to hydrolysis) is 1. The van der Waals surface area contributed by atoms with Crippen molar-refractivity contribution in [3.8, 4) is 0 Å². The number of carbonyl (C=O) groups excluding carboxylic acids is 2. The first-order valence-corrected chi connectivity index (χ1v) is 7.41. The SMILES string of the molecule is O=C1NCC2(CCN(C(=O)C3CSCN3)CC2)O1. The summed E-state index contributed by atoms with van der Waals surface area (Å²) in [5.41, 5.74) is -0.369. The zero-order valence-electron chi connectivity index (χ0n) is 10.1. The third-order valence-corrected chi connectivity index (χ3v) is 4.80. The highest BCUT2D eigenvalue weighted by Gasteiger charge is 2.44. The summed E-state index contributed by atoms with van der Waals surface area (Å²) in [6.07, 6.45) is 1.14. The van der Waals surface area contributed by atoms with Crippen LogP contribution in [0.25, 0.3) is 0 Å². The predicted octanol–water partition coefficient (Wildman–Crippen LogP) is -0.250. The lowest BCUT2D eigenvalue weighted by Crippen LogP contribution is -2.52. The van der Waals surface area contributed by atoms with Gasteiger partial charge in [-0.3, -0.25) is 10.1 Å². The minimum absolute atomic E-state index is 0.0340. The molecule has 1 unspecified atom stereocenters. The molecule has 1 spiro atoms. The van der Waals surface area contributed by atoms with Gasteiger partial charge >= 0.3 is 6.09 Å². The fraction of sp³-hybridized carbons (Fsp3) is 0.818. The van der Waals surface area contributed by atoms with Crippen LogP contribution in [0.1, 0.15) is 12.8 Å². The Morgan fingerprint density at radius 2 is 2.22 bits per heavy atom. The lowest BCUT2D eigenvalue weighted by Gasteiger charge is -2.38. The molecule has 100 valence electrons. The van der Waals surface area contributed by atoms with E-state index in [0.717, 1.165) is 24.5 Å². The Labute approximate surface area is 110 Å². The van der Waals surface area contributed by atoms with E-state index in [0.29, 0.717) is 19.6 Å². The second kappa shape index (κ2) is 4.62. The topological polar surface area (TPSA) is 70.7 Å². The number of rotatable bonds is 1. The van der Waals surface area contributed by atoms with Crippen LogP contribution in [-0.2, 0) is 9.53 Å². The number of nitrogens with zero attached hydrogens (tertiary/aromatic N) is 1. The number of amides is 2.